The first kappa shape index (κ1) is 18.1. The largest absolute Gasteiger partial charge is 0.350 e. The highest BCUT2D eigenvalue weighted by atomic mass is 19.1. The van der Waals surface area contributed by atoms with E-state index in [1.807, 2.05) is 18.2 Å². The van der Waals surface area contributed by atoms with Gasteiger partial charge in [0, 0.05) is 13.1 Å². The van der Waals surface area contributed by atoms with Crippen LogP contribution in [0.3, 0.4) is 0 Å². The van der Waals surface area contributed by atoms with Crippen molar-refractivity contribution in [3.8, 4) is 0 Å². The van der Waals surface area contributed by atoms with Crippen LogP contribution in [0.2, 0.25) is 0 Å². The highest BCUT2D eigenvalue weighted by Crippen LogP contribution is 2.35. The molecule has 29 heavy (non-hydrogen) atoms. The van der Waals surface area contributed by atoms with Gasteiger partial charge in [-0.25, -0.2) is 13.9 Å². The van der Waals surface area contributed by atoms with Crippen LogP contribution in [0.4, 0.5) is 10.2 Å². The van der Waals surface area contributed by atoms with Gasteiger partial charge in [-0.15, -0.1) is 5.10 Å². The highest BCUT2D eigenvalue weighted by molar-refractivity contribution is 5.93. The molecule has 1 aliphatic carbocycles. The number of benzene rings is 1. The number of anilines is 1. The van der Waals surface area contributed by atoms with E-state index < -0.39 is 0 Å². The van der Waals surface area contributed by atoms with Crippen molar-refractivity contribution in [2.24, 2.45) is 5.92 Å². The van der Waals surface area contributed by atoms with Gasteiger partial charge in [0.05, 0.1) is 12.2 Å². The Morgan fingerprint density at radius 1 is 1.17 bits per heavy atom. The van der Waals surface area contributed by atoms with E-state index in [-0.39, 0.29) is 17.8 Å². The SMILES string of the molecule is O=C(NCC1CCC1)c1cnc2ccc(N3CCCC3c3cccc(F)c3)nn12. The third-order valence-corrected chi connectivity index (χ3v) is 6.14. The van der Waals surface area contributed by atoms with Crippen LogP contribution in [0.15, 0.2) is 42.6 Å². The quantitative estimate of drug-likeness (QED) is 0.717. The van der Waals surface area contributed by atoms with Gasteiger partial charge in [0.2, 0.25) is 0 Å². The van der Waals surface area contributed by atoms with Crippen molar-refractivity contribution in [1.29, 1.82) is 0 Å². The monoisotopic (exact) mass is 393 g/mol. The molecular formula is C22H24FN5O. The molecule has 1 saturated heterocycles. The first-order chi connectivity index (χ1) is 14.2. The maximum Gasteiger partial charge on any atom is 0.271 e. The number of amides is 1. The molecule has 150 valence electrons. The van der Waals surface area contributed by atoms with E-state index in [2.05, 4.69) is 15.2 Å². The van der Waals surface area contributed by atoms with Gasteiger partial charge in [0.1, 0.15) is 11.6 Å². The Labute approximate surface area is 168 Å². The molecule has 5 rings (SSSR count). The summed E-state index contributed by atoms with van der Waals surface area (Å²) in [6.07, 6.45) is 7.17. The number of hydrogen-bond acceptors (Lipinski definition) is 4. The van der Waals surface area contributed by atoms with Gasteiger partial charge in [0.15, 0.2) is 11.3 Å². The maximum absolute atomic E-state index is 13.7. The summed E-state index contributed by atoms with van der Waals surface area (Å²) in [5, 5.41) is 7.74. The molecule has 2 fully saturated rings. The summed E-state index contributed by atoms with van der Waals surface area (Å²) >= 11 is 0. The molecule has 6 nitrogen and oxygen atoms in total. The van der Waals surface area contributed by atoms with Crippen LogP contribution in [0.25, 0.3) is 5.65 Å². The molecule has 0 bridgehead atoms. The van der Waals surface area contributed by atoms with Crippen molar-refractivity contribution < 1.29 is 9.18 Å². The van der Waals surface area contributed by atoms with Crippen molar-refractivity contribution in [2.45, 2.75) is 38.1 Å². The predicted molar refractivity (Wildman–Crippen MR) is 108 cm³/mol. The fourth-order valence-electron chi connectivity index (χ4n) is 4.30. The van der Waals surface area contributed by atoms with Crippen LogP contribution in [0.1, 0.15) is 54.2 Å². The number of hydrogen-bond donors (Lipinski definition) is 1. The lowest BCUT2D eigenvalue weighted by molar-refractivity contribution is 0.0932. The number of rotatable bonds is 5. The summed E-state index contributed by atoms with van der Waals surface area (Å²) in [5.41, 5.74) is 2.04. The molecule has 7 heteroatoms. The van der Waals surface area contributed by atoms with Gasteiger partial charge in [-0.2, -0.15) is 0 Å². The van der Waals surface area contributed by atoms with E-state index in [9.17, 15) is 9.18 Å². The normalized spacial score (nSPS) is 19.5. The molecule has 2 aliphatic rings. The third kappa shape index (κ3) is 3.45. The topological polar surface area (TPSA) is 62.5 Å². The maximum atomic E-state index is 13.7. The summed E-state index contributed by atoms with van der Waals surface area (Å²) in [6.45, 7) is 1.55. The predicted octanol–water partition coefficient (Wildman–Crippen LogP) is 3.74. The summed E-state index contributed by atoms with van der Waals surface area (Å²) in [6, 6.07) is 10.7. The molecule has 1 saturated carbocycles. The fraction of sp³-hybridized carbons (Fsp3) is 0.409. The minimum Gasteiger partial charge on any atom is -0.350 e. The average molecular weight is 393 g/mol. The number of imidazole rings is 1. The van der Waals surface area contributed by atoms with Crippen LogP contribution in [0.5, 0.6) is 0 Å². The Bertz CT molecular complexity index is 1040. The summed E-state index contributed by atoms with van der Waals surface area (Å²) in [7, 11) is 0. The molecule has 0 spiro atoms. The zero-order chi connectivity index (χ0) is 19.8. The number of carbonyl (C=O) groups is 1. The molecule has 1 amide bonds. The highest BCUT2D eigenvalue weighted by Gasteiger charge is 2.28. The van der Waals surface area contributed by atoms with E-state index in [0.29, 0.717) is 23.8 Å². The van der Waals surface area contributed by atoms with Crippen molar-refractivity contribution in [3.05, 3.63) is 59.7 Å². The Morgan fingerprint density at radius 2 is 2.07 bits per heavy atom. The van der Waals surface area contributed by atoms with Crippen molar-refractivity contribution in [3.63, 3.8) is 0 Å². The second-order valence-corrected chi connectivity index (χ2v) is 8.02. The van der Waals surface area contributed by atoms with Gasteiger partial charge in [-0.1, -0.05) is 18.6 Å². The van der Waals surface area contributed by atoms with Gasteiger partial charge in [-0.05, 0) is 61.4 Å². The first-order valence-corrected chi connectivity index (χ1v) is 10.3. The Balaban J connectivity index is 1.42. The molecule has 1 aliphatic heterocycles. The average Bonchev–Trinajstić information content (AvgIpc) is 3.33. The van der Waals surface area contributed by atoms with Gasteiger partial charge < -0.3 is 10.2 Å². The number of halogens is 1. The van der Waals surface area contributed by atoms with Crippen molar-refractivity contribution in [2.75, 3.05) is 18.0 Å². The van der Waals surface area contributed by atoms with Gasteiger partial charge in [0.25, 0.3) is 5.91 Å². The fourth-order valence-corrected chi connectivity index (χ4v) is 4.30. The van der Waals surface area contributed by atoms with E-state index in [1.54, 1.807) is 22.8 Å². The number of carbonyl (C=O) groups excluding carboxylic acids is 1. The molecule has 1 N–H and O–H groups in total. The van der Waals surface area contributed by atoms with Crippen molar-refractivity contribution in [1.82, 2.24) is 19.9 Å². The summed E-state index contributed by atoms with van der Waals surface area (Å²) in [5.74, 6) is 1.00. The number of aromatic nitrogens is 3. The van der Waals surface area contributed by atoms with Crippen LogP contribution in [-0.4, -0.2) is 33.6 Å². The number of fused-ring (bicyclic) bond motifs is 1. The molecule has 3 aromatic rings. The van der Waals surface area contributed by atoms with Crippen LogP contribution >= 0.6 is 0 Å². The molecule has 0 radical (unpaired) electrons. The second-order valence-electron chi connectivity index (χ2n) is 8.02. The molecule has 1 atom stereocenters. The molecular weight excluding hydrogens is 369 g/mol. The Kier molecular flexibility index (Phi) is 4.66. The zero-order valence-electron chi connectivity index (χ0n) is 16.2. The standard InChI is InChI=1S/C22H24FN5O/c23-17-7-2-6-16(12-17)18-8-3-11-27(18)21-10-9-20-24-14-19(28(20)26-21)22(29)25-13-15-4-1-5-15/h2,6-7,9-10,12,14-15,18H,1,3-5,8,11,13H2,(H,25,29). The summed E-state index contributed by atoms with van der Waals surface area (Å²) < 4.78 is 15.3. The Hall–Kier alpha value is -2.96. The van der Waals surface area contributed by atoms with Gasteiger partial charge in [-0.3, -0.25) is 4.79 Å². The number of nitrogens with one attached hydrogen (secondary N) is 1. The lowest BCUT2D eigenvalue weighted by Gasteiger charge is -2.26. The smallest absolute Gasteiger partial charge is 0.271 e. The van der Waals surface area contributed by atoms with E-state index in [4.69, 9.17) is 5.10 Å². The number of nitrogens with zero attached hydrogens (tertiary/aromatic N) is 4. The molecule has 1 aromatic carbocycles. The first-order valence-electron chi connectivity index (χ1n) is 10.3. The summed E-state index contributed by atoms with van der Waals surface area (Å²) in [4.78, 5) is 19.2. The van der Waals surface area contributed by atoms with Crippen molar-refractivity contribution >= 4 is 17.4 Å². The minimum absolute atomic E-state index is 0.0788. The second kappa shape index (κ2) is 7.46. The molecule has 1 unspecified atom stereocenters. The third-order valence-electron chi connectivity index (χ3n) is 6.14. The van der Waals surface area contributed by atoms with Gasteiger partial charge >= 0.3 is 0 Å². The van der Waals surface area contributed by atoms with E-state index in [0.717, 1.165) is 30.8 Å². The van der Waals surface area contributed by atoms with Crippen LogP contribution < -0.4 is 10.2 Å². The van der Waals surface area contributed by atoms with E-state index >= 15 is 0 Å². The lowest BCUT2D eigenvalue weighted by atomic mass is 9.85. The Morgan fingerprint density at radius 3 is 2.86 bits per heavy atom. The lowest BCUT2D eigenvalue weighted by Crippen LogP contribution is -2.33. The van der Waals surface area contributed by atoms with E-state index in [1.165, 1.54) is 25.3 Å². The van der Waals surface area contributed by atoms with Crippen LogP contribution in [0, 0.1) is 11.7 Å². The minimum atomic E-state index is -0.224. The molecule has 3 heterocycles. The van der Waals surface area contributed by atoms with Crippen LogP contribution in [-0.2, 0) is 0 Å². The zero-order valence-corrected chi connectivity index (χ0v) is 16.2. The molecule has 2 aromatic heterocycles.